The van der Waals surface area contributed by atoms with Crippen LogP contribution in [0.5, 0.6) is 5.75 Å². The maximum atomic E-state index is 12.3. The first kappa shape index (κ1) is 17.7. The summed E-state index contributed by atoms with van der Waals surface area (Å²) in [5.41, 5.74) is 3.79. The molecule has 26 heavy (non-hydrogen) atoms. The molecule has 0 aliphatic carbocycles. The molecule has 0 bridgehead atoms. The molecule has 0 fully saturated rings. The highest BCUT2D eigenvalue weighted by molar-refractivity contribution is 5.92. The molecule has 6 nitrogen and oxygen atoms in total. The first-order valence-electron chi connectivity index (χ1n) is 8.45. The lowest BCUT2D eigenvalue weighted by molar-refractivity contribution is -0.115. The van der Waals surface area contributed by atoms with Gasteiger partial charge in [-0.25, -0.2) is 0 Å². The fourth-order valence-corrected chi connectivity index (χ4v) is 2.54. The number of nitrogens with one attached hydrogen (secondary N) is 1. The number of anilines is 1. The second-order valence-electron chi connectivity index (χ2n) is 5.97. The van der Waals surface area contributed by atoms with E-state index < -0.39 is 0 Å². The van der Waals surface area contributed by atoms with E-state index in [-0.39, 0.29) is 18.2 Å². The molecule has 134 valence electrons. The Morgan fingerprint density at radius 3 is 2.65 bits per heavy atom. The Hall–Kier alpha value is -3.15. The summed E-state index contributed by atoms with van der Waals surface area (Å²) in [4.78, 5) is 16.6. The van der Waals surface area contributed by atoms with E-state index in [1.54, 1.807) is 7.11 Å². The Balaban J connectivity index is 1.67. The van der Waals surface area contributed by atoms with Gasteiger partial charge in [0.1, 0.15) is 12.2 Å². The molecule has 0 aliphatic heterocycles. The highest BCUT2D eigenvalue weighted by Gasteiger charge is 2.14. The lowest BCUT2D eigenvalue weighted by atomic mass is 10.1. The van der Waals surface area contributed by atoms with Crippen LogP contribution in [0.2, 0.25) is 0 Å². The van der Waals surface area contributed by atoms with Crippen molar-refractivity contribution in [2.45, 2.75) is 26.7 Å². The first-order chi connectivity index (χ1) is 12.6. The summed E-state index contributed by atoms with van der Waals surface area (Å²) in [6, 6.07) is 13.4. The van der Waals surface area contributed by atoms with Gasteiger partial charge in [0.2, 0.25) is 17.6 Å². The van der Waals surface area contributed by atoms with E-state index >= 15 is 0 Å². The van der Waals surface area contributed by atoms with Crippen LogP contribution in [0.25, 0.3) is 11.4 Å². The van der Waals surface area contributed by atoms with Crippen molar-refractivity contribution in [2.75, 3.05) is 12.4 Å². The predicted octanol–water partition coefficient (Wildman–Crippen LogP) is 3.80. The van der Waals surface area contributed by atoms with Gasteiger partial charge >= 0.3 is 0 Å². The molecule has 1 amide bonds. The van der Waals surface area contributed by atoms with Gasteiger partial charge in [0.05, 0.1) is 7.11 Å². The van der Waals surface area contributed by atoms with Gasteiger partial charge in [-0.05, 0) is 54.8 Å². The van der Waals surface area contributed by atoms with Crippen molar-refractivity contribution in [1.29, 1.82) is 0 Å². The Morgan fingerprint density at radius 1 is 1.19 bits per heavy atom. The van der Waals surface area contributed by atoms with Crippen LogP contribution in [0.15, 0.2) is 47.0 Å². The van der Waals surface area contributed by atoms with Crippen LogP contribution in [0.3, 0.4) is 0 Å². The minimum Gasteiger partial charge on any atom is -0.497 e. The zero-order valence-electron chi connectivity index (χ0n) is 15.1. The molecule has 0 radical (unpaired) electrons. The highest BCUT2D eigenvalue weighted by atomic mass is 16.5. The fourth-order valence-electron chi connectivity index (χ4n) is 2.54. The average Bonchev–Trinajstić information content (AvgIpc) is 3.12. The predicted molar refractivity (Wildman–Crippen MR) is 99.2 cm³/mol. The van der Waals surface area contributed by atoms with Gasteiger partial charge in [0.25, 0.3) is 0 Å². The van der Waals surface area contributed by atoms with E-state index in [0.717, 1.165) is 29.0 Å². The lowest BCUT2D eigenvalue weighted by Gasteiger charge is -2.09. The molecule has 3 aromatic rings. The highest BCUT2D eigenvalue weighted by Crippen LogP contribution is 2.20. The van der Waals surface area contributed by atoms with E-state index in [0.29, 0.717) is 5.82 Å². The van der Waals surface area contributed by atoms with E-state index in [9.17, 15) is 4.79 Å². The quantitative estimate of drug-likeness (QED) is 0.731. The van der Waals surface area contributed by atoms with Gasteiger partial charge in [-0.3, -0.25) is 4.79 Å². The third-order valence-electron chi connectivity index (χ3n) is 4.11. The average molecular weight is 351 g/mol. The summed E-state index contributed by atoms with van der Waals surface area (Å²) < 4.78 is 10.3. The van der Waals surface area contributed by atoms with E-state index in [1.807, 2.05) is 43.3 Å². The number of aryl methyl sites for hydroxylation is 2. The number of hydrogen-bond donors (Lipinski definition) is 1. The normalized spacial score (nSPS) is 10.6. The van der Waals surface area contributed by atoms with Crippen molar-refractivity contribution < 1.29 is 14.1 Å². The van der Waals surface area contributed by atoms with Crippen LogP contribution >= 0.6 is 0 Å². The molecule has 0 unspecified atom stereocenters. The molecule has 0 spiro atoms. The first-order valence-corrected chi connectivity index (χ1v) is 8.45. The smallest absolute Gasteiger partial charge is 0.236 e. The zero-order chi connectivity index (χ0) is 18.5. The molecule has 0 atom stereocenters. The molecule has 0 aliphatic rings. The van der Waals surface area contributed by atoms with Crippen LogP contribution < -0.4 is 10.1 Å². The molecule has 0 saturated heterocycles. The van der Waals surface area contributed by atoms with Crippen molar-refractivity contribution in [3.05, 3.63) is 59.5 Å². The number of aromatic nitrogens is 2. The van der Waals surface area contributed by atoms with Crippen molar-refractivity contribution >= 4 is 11.6 Å². The van der Waals surface area contributed by atoms with Gasteiger partial charge in [-0.2, -0.15) is 4.98 Å². The Kier molecular flexibility index (Phi) is 5.31. The van der Waals surface area contributed by atoms with Gasteiger partial charge in [0.15, 0.2) is 0 Å². The topological polar surface area (TPSA) is 77.2 Å². The van der Waals surface area contributed by atoms with Gasteiger partial charge in [0, 0.05) is 11.3 Å². The van der Waals surface area contributed by atoms with Crippen molar-refractivity contribution in [1.82, 2.24) is 10.1 Å². The number of hydrogen-bond acceptors (Lipinski definition) is 5. The SMILES string of the molecule is CCc1ccc(C)c(NC(=O)Cc2nc(-c3ccc(OC)cc3)no2)c1. The van der Waals surface area contributed by atoms with Crippen LogP contribution in [-0.2, 0) is 17.6 Å². The van der Waals surface area contributed by atoms with Crippen LogP contribution in [0.1, 0.15) is 23.9 Å². The number of carbonyl (C=O) groups is 1. The molecule has 2 aromatic carbocycles. The minimum atomic E-state index is -0.189. The molecular formula is C20H21N3O3. The van der Waals surface area contributed by atoms with E-state index in [4.69, 9.17) is 9.26 Å². The zero-order valence-corrected chi connectivity index (χ0v) is 15.1. The lowest BCUT2D eigenvalue weighted by Crippen LogP contribution is -2.15. The molecule has 1 N–H and O–H groups in total. The van der Waals surface area contributed by atoms with Gasteiger partial charge < -0.3 is 14.6 Å². The maximum absolute atomic E-state index is 12.3. The van der Waals surface area contributed by atoms with E-state index in [1.165, 1.54) is 5.56 Å². The van der Waals surface area contributed by atoms with Gasteiger partial charge in [-0.15, -0.1) is 0 Å². The third kappa shape index (κ3) is 4.08. The second-order valence-corrected chi connectivity index (χ2v) is 5.97. The standard InChI is InChI=1S/C20H21N3O3/c1-4-14-6-5-13(2)17(11-14)21-18(24)12-19-22-20(23-26-19)15-7-9-16(25-3)10-8-15/h5-11H,4,12H2,1-3H3,(H,21,24). The fraction of sp³-hybridized carbons (Fsp3) is 0.250. The Labute approximate surface area is 152 Å². The number of nitrogens with zero attached hydrogens (tertiary/aromatic N) is 2. The summed E-state index contributed by atoms with van der Waals surface area (Å²) in [6.07, 6.45) is 0.941. The number of benzene rings is 2. The molecular weight excluding hydrogens is 330 g/mol. The van der Waals surface area contributed by atoms with Crippen LogP contribution in [0.4, 0.5) is 5.69 Å². The summed E-state index contributed by atoms with van der Waals surface area (Å²) in [6.45, 7) is 4.04. The largest absolute Gasteiger partial charge is 0.497 e. The number of methoxy groups -OCH3 is 1. The number of rotatable bonds is 6. The molecule has 3 rings (SSSR count). The van der Waals surface area contributed by atoms with Gasteiger partial charge in [-0.1, -0.05) is 24.2 Å². The summed E-state index contributed by atoms with van der Waals surface area (Å²) in [5, 5.41) is 6.85. The maximum Gasteiger partial charge on any atom is 0.236 e. The summed E-state index contributed by atoms with van der Waals surface area (Å²) in [5.74, 6) is 1.28. The number of amides is 1. The second kappa shape index (κ2) is 7.82. The van der Waals surface area contributed by atoms with Crippen molar-refractivity contribution in [3.8, 4) is 17.1 Å². The van der Waals surface area contributed by atoms with Crippen LogP contribution in [-0.4, -0.2) is 23.2 Å². The molecule has 0 saturated carbocycles. The Bertz CT molecular complexity index is 901. The summed E-state index contributed by atoms with van der Waals surface area (Å²) >= 11 is 0. The summed E-state index contributed by atoms with van der Waals surface area (Å²) in [7, 11) is 1.61. The van der Waals surface area contributed by atoms with Crippen molar-refractivity contribution in [2.24, 2.45) is 0 Å². The number of ether oxygens (including phenoxy) is 1. The number of carbonyl (C=O) groups excluding carboxylic acids is 1. The third-order valence-corrected chi connectivity index (χ3v) is 4.11. The monoisotopic (exact) mass is 351 g/mol. The molecule has 1 aromatic heterocycles. The molecule has 6 heteroatoms. The van der Waals surface area contributed by atoms with Crippen molar-refractivity contribution in [3.63, 3.8) is 0 Å². The molecule has 1 heterocycles. The Morgan fingerprint density at radius 2 is 1.96 bits per heavy atom. The van der Waals surface area contributed by atoms with E-state index in [2.05, 4.69) is 28.4 Å². The minimum absolute atomic E-state index is 0.0267. The van der Waals surface area contributed by atoms with Crippen LogP contribution in [0, 0.1) is 6.92 Å².